The molecule has 0 bridgehead atoms. The predicted molar refractivity (Wildman–Crippen MR) is 69.1 cm³/mol. The monoisotopic (exact) mass is 308 g/mol. The average molecular weight is 309 g/mol. The van der Waals surface area contributed by atoms with Gasteiger partial charge in [0.25, 0.3) is 0 Å². The highest BCUT2D eigenvalue weighted by Crippen LogP contribution is 2.51. The van der Waals surface area contributed by atoms with E-state index in [2.05, 4.69) is 5.09 Å². The van der Waals surface area contributed by atoms with Crippen molar-refractivity contribution in [3.8, 4) is 0 Å². The first-order valence-corrected chi connectivity index (χ1v) is 7.41. The van der Waals surface area contributed by atoms with Crippen LogP contribution in [0.1, 0.15) is 6.92 Å². The Hall–Kier alpha value is -0.660. The summed E-state index contributed by atoms with van der Waals surface area (Å²) in [5.41, 5.74) is -0.709. The number of hydrogen-bond donors (Lipinski definition) is 3. The van der Waals surface area contributed by atoms with Crippen molar-refractivity contribution in [3.63, 3.8) is 0 Å². The normalized spacial score (nSPS) is 32.8. The van der Waals surface area contributed by atoms with E-state index in [9.17, 15) is 9.77 Å². The van der Waals surface area contributed by atoms with E-state index in [0.717, 1.165) is 0 Å². The summed E-state index contributed by atoms with van der Waals surface area (Å²) in [5, 5.41) is 22.0. The summed E-state index contributed by atoms with van der Waals surface area (Å²) >= 11 is 5.81. The Morgan fingerprint density at radius 3 is 2.68 bits per heavy atom. The summed E-state index contributed by atoms with van der Waals surface area (Å²) in [6.45, 7) is 1.10. The van der Waals surface area contributed by atoms with Crippen LogP contribution in [0.4, 0.5) is 5.69 Å². The van der Waals surface area contributed by atoms with Crippen molar-refractivity contribution in [1.82, 2.24) is 0 Å². The van der Waals surface area contributed by atoms with Crippen LogP contribution in [0.3, 0.4) is 0 Å². The van der Waals surface area contributed by atoms with E-state index in [1.807, 2.05) is 0 Å². The van der Waals surface area contributed by atoms with Gasteiger partial charge in [-0.1, -0.05) is 17.7 Å². The minimum atomic E-state index is -3.55. The topological polar surface area (TPSA) is 95.3 Å². The number of nitrogens with one attached hydrogen (secondary N) is 2. The highest BCUT2D eigenvalue weighted by molar-refractivity contribution is 7.55. The summed E-state index contributed by atoms with van der Waals surface area (Å²) in [6, 6.07) is 6.58. The molecule has 1 aliphatic rings. The van der Waals surface area contributed by atoms with Crippen molar-refractivity contribution in [2.24, 2.45) is 0 Å². The van der Waals surface area contributed by atoms with Gasteiger partial charge in [0.2, 0.25) is 0 Å². The fourth-order valence-electron chi connectivity index (χ4n) is 1.44. The highest BCUT2D eigenvalue weighted by Gasteiger charge is 2.44. The van der Waals surface area contributed by atoms with Crippen LogP contribution in [0.2, 0.25) is 5.02 Å². The van der Waals surface area contributed by atoms with Crippen molar-refractivity contribution in [2.45, 2.75) is 12.5 Å². The largest absolute Gasteiger partial charge is 0.600 e. The van der Waals surface area contributed by atoms with Gasteiger partial charge in [0.1, 0.15) is 13.2 Å². The lowest BCUT2D eigenvalue weighted by Gasteiger charge is -2.39. The van der Waals surface area contributed by atoms with E-state index in [4.69, 9.17) is 25.9 Å². The van der Waals surface area contributed by atoms with Crippen LogP contribution in [0.5, 0.6) is 0 Å². The zero-order valence-electron chi connectivity index (χ0n) is 10.1. The first-order chi connectivity index (χ1) is 8.83. The Morgan fingerprint density at radius 1 is 1.53 bits per heavy atom. The summed E-state index contributed by atoms with van der Waals surface area (Å²) in [4.78, 5) is 0. The second-order valence-corrected chi connectivity index (χ2v) is 6.70. The molecule has 9 heteroatoms. The molecule has 1 unspecified atom stereocenters. The van der Waals surface area contributed by atoms with Crippen molar-refractivity contribution < 1.29 is 24.0 Å². The molecule has 7 nitrogen and oxygen atoms in total. The number of rotatable bonds is 3. The van der Waals surface area contributed by atoms with E-state index < -0.39 is 18.5 Å². The van der Waals surface area contributed by atoms with Crippen LogP contribution in [0, 0.1) is 5.21 Å². The molecule has 0 aromatic heterocycles. The molecule has 0 spiro atoms. The van der Waals surface area contributed by atoms with Crippen LogP contribution in [0.15, 0.2) is 24.3 Å². The van der Waals surface area contributed by atoms with Crippen LogP contribution in [0.25, 0.3) is 0 Å². The molecule has 1 aromatic carbocycles. The molecule has 3 N–H and O–H groups in total. The van der Waals surface area contributed by atoms with Gasteiger partial charge in [-0.2, -0.15) is 0 Å². The zero-order chi connectivity index (χ0) is 14.1. The molecular weight excluding hydrogens is 295 g/mol. The van der Waals surface area contributed by atoms with E-state index in [0.29, 0.717) is 10.7 Å². The maximum absolute atomic E-state index is 12.2. The van der Waals surface area contributed by atoms with Crippen molar-refractivity contribution in [3.05, 3.63) is 34.5 Å². The Morgan fingerprint density at radius 2 is 2.16 bits per heavy atom. The molecule has 0 aliphatic carbocycles. The second kappa shape index (κ2) is 5.38. The van der Waals surface area contributed by atoms with Crippen molar-refractivity contribution in [2.75, 3.05) is 18.3 Å². The second-order valence-electron chi connectivity index (χ2n) is 4.53. The van der Waals surface area contributed by atoms with Crippen LogP contribution in [-0.2, 0) is 13.6 Å². The summed E-state index contributed by atoms with van der Waals surface area (Å²) in [6.07, 6.45) is 0. The fraction of sp³-hybridized carbons (Fsp3) is 0.400. The minimum Gasteiger partial charge on any atom is -0.600 e. The molecule has 1 fully saturated rings. The predicted octanol–water partition coefficient (Wildman–Crippen LogP) is 1.44. The third-order valence-electron chi connectivity index (χ3n) is 2.71. The maximum atomic E-state index is 12.2. The number of halogens is 1. The quantitative estimate of drug-likeness (QED) is 0.577. The first-order valence-electron chi connectivity index (χ1n) is 5.49. The molecule has 1 saturated heterocycles. The molecule has 0 radical (unpaired) electrons. The highest BCUT2D eigenvalue weighted by atomic mass is 35.5. The molecule has 1 heterocycles. The van der Waals surface area contributed by atoms with Gasteiger partial charge >= 0.3 is 7.75 Å². The lowest BCUT2D eigenvalue weighted by atomic mass is 10.1. The van der Waals surface area contributed by atoms with E-state index in [1.54, 1.807) is 24.3 Å². The molecule has 19 heavy (non-hydrogen) atoms. The number of benzene rings is 1. The molecule has 0 saturated carbocycles. The molecule has 1 aromatic rings. The van der Waals surface area contributed by atoms with Gasteiger partial charge in [-0.05, 0) is 25.1 Å². The molecule has 106 valence electrons. The first kappa shape index (κ1) is 14.7. The van der Waals surface area contributed by atoms with Gasteiger partial charge in [0.05, 0.1) is 0 Å². The van der Waals surface area contributed by atoms with Gasteiger partial charge in [0.15, 0.2) is 5.54 Å². The van der Waals surface area contributed by atoms with E-state index >= 15 is 0 Å². The van der Waals surface area contributed by atoms with Crippen molar-refractivity contribution in [1.29, 1.82) is 0 Å². The Bertz CT molecular complexity index is 500. The van der Waals surface area contributed by atoms with Crippen molar-refractivity contribution >= 4 is 25.0 Å². The molecule has 1 aliphatic heterocycles. The average Bonchev–Trinajstić information content (AvgIpc) is 2.33. The van der Waals surface area contributed by atoms with E-state index in [-0.39, 0.29) is 13.2 Å². The SMILES string of the molecule is CC1([NH+]([O-])O)COP(=O)(Nc2cccc(Cl)c2)OC1. The van der Waals surface area contributed by atoms with Gasteiger partial charge in [-0.3, -0.25) is 14.1 Å². The smallest absolute Gasteiger partial charge is 0.433 e. The van der Waals surface area contributed by atoms with Gasteiger partial charge in [0, 0.05) is 10.7 Å². The summed E-state index contributed by atoms with van der Waals surface area (Å²) in [5.74, 6) is 0. The zero-order valence-corrected chi connectivity index (χ0v) is 11.8. The summed E-state index contributed by atoms with van der Waals surface area (Å²) < 4.78 is 22.4. The fourth-order valence-corrected chi connectivity index (χ4v) is 3.20. The molecule has 1 atom stereocenters. The van der Waals surface area contributed by atoms with E-state index in [1.165, 1.54) is 6.92 Å². The lowest BCUT2D eigenvalue weighted by Crippen LogP contribution is -3.15. The van der Waals surface area contributed by atoms with Gasteiger partial charge < -0.3 is 5.21 Å². The number of hydrogen-bond acceptors (Lipinski definition) is 5. The molecule has 2 rings (SSSR count). The standard InChI is InChI=1S/C10H14ClN2O5P/c1-10(13(14)15)6-17-19(16,18-7-10)12-9-4-2-3-8(11)5-9/h2-5,13-14H,6-7H2,1H3,(H,12,16). The van der Waals surface area contributed by atoms with Crippen LogP contribution >= 0.6 is 19.3 Å². The minimum absolute atomic E-state index is 0.187. The molecular formula is C10H14ClN2O5P. The third kappa shape index (κ3) is 3.46. The van der Waals surface area contributed by atoms with Gasteiger partial charge in [-0.25, -0.2) is 15.0 Å². The van der Waals surface area contributed by atoms with Crippen LogP contribution in [-0.4, -0.2) is 24.0 Å². The van der Waals surface area contributed by atoms with Crippen LogP contribution < -0.4 is 10.3 Å². The Kier molecular flexibility index (Phi) is 4.17. The number of quaternary nitrogens is 1. The maximum Gasteiger partial charge on any atom is 0.433 e. The number of anilines is 1. The number of hydroxylamine groups is 2. The van der Waals surface area contributed by atoms with Gasteiger partial charge in [-0.15, -0.1) is 0 Å². The summed E-state index contributed by atoms with van der Waals surface area (Å²) in [7, 11) is -3.55. The molecule has 0 amide bonds. The Balaban J connectivity index is 2.05. The Labute approximate surface area is 115 Å². The lowest BCUT2D eigenvalue weighted by molar-refractivity contribution is -1.09. The third-order valence-corrected chi connectivity index (χ3v) is 4.42.